The number of carbonyl (C=O) groups is 3. The number of hydrogen-bond donors (Lipinski definition) is 2. The smallest absolute Gasteiger partial charge is 0.302 e. The Morgan fingerprint density at radius 2 is 1.87 bits per heavy atom. The number of carbonyl (C=O) groups excluding carboxylic acids is 3. The van der Waals surface area contributed by atoms with Crippen molar-refractivity contribution in [2.24, 2.45) is 39.9 Å². The summed E-state index contributed by atoms with van der Waals surface area (Å²) < 4.78 is 10.9. The quantitative estimate of drug-likeness (QED) is 0.664. The lowest BCUT2D eigenvalue weighted by Crippen LogP contribution is -2.70. The average molecular weight is 423 g/mol. The zero-order chi connectivity index (χ0) is 22.2. The van der Waals surface area contributed by atoms with Gasteiger partial charge in [0.05, 0.1) is 24.2 Å². The zero-order valence-corrected chi connectivity index (χ0v) is 18.5. The van der Waals surface area contributed by atoms with Crippen LogP contribution in [0.15, 0.2) is 0 Å². The summed E-state index contributed by atoms with van der Waals surface area (Å²) in [5, 5.41) is 22.7. The maximum atomic E-state index is 13.7. The highest BCUT2D eigenvalue weighted by molar-refractivity contribution is 6.01. The fraction of sp³-hybridized carbons (Fsp3) is 0.870. The van der Waals surface area contributed by atoms with Gasteiger partial charge in [0.25, 0.3) is 0 Å². The molecule has 7 nitrogen and oxygen atoms in total. The second-order valence-corrected chi connectivity index (χ2v) is 10.8. The monoisotopic (exact) mass is 422 g/mol. The van der Waals surface area contributed by atoms with E-state index < -0.39 is 46.2 Å². The van der Waals surface area contributed by atoms with Crippen LogP contribution < -0.4 is 0 Å². The van der Waals surface area contributed by atoms with Crippen molar-refractivity contribution >= 4 is 17.5 Å². The van der Waals surface area contributed by atoms with E-state index in [-0.39, 0.29) is 42.6 Å². The van der Waals surface area contributed by atoms with Crippen LogP contribution in [0, 0.1) is 39.9 Å². The van der Waals surface area contributed by atoms with E-state index in [0.717, 1.165) is 0 Å². The molecule has 2 N–H and O–H groups in total. The van der Waals surface area contributed by atoms with Crippen molar-refractivity contribution in [2.45, 2.75) is 71.7 Å². The summed E-state index contributed by atoms with van der Waals surface area (Å²) >= 11 is 0. The maximum absolute atomic E-state index is 13.7. The van der Waals surface area contributed by atoms with Gasteiger partial charge in [-0.05, 0) is 30.6 Å². The first-order chi connectivity index (χ1) is 13.9. The minimum Gasteiger partial charge on any atom is -0.462 e. The number of hydrogen-bond acceptors (Lipinski definition) is 7. The van der Waals surface area contributed by atoms with Gasteiger partial charge in [-0.3, -0.25) is 14.4 Å². The molecule has 1 spiro atoms. The molecule has 4 aliphatic rings. The van der Waals surface area contributed by atoms with E-state index in [1.54, 1.807) is 0 Å². The third kappa shape index (κ3) is 2.51. The van der Waals surface area contributed by atoms with E-state index in [4.69, 9.17) is 9.47 Å². The molecule has 0 saturated heterocycles. The standard InChI is InChI=1S/C23H34O7/c1-11(24)30-17-6-7-22(4)15(21(17,2)3)9-16(26)23-18(22)14(25)8-12(19(23)27)13(10-29-5)20(23)28/h12-13,15-19,26-27H,6-10H2,1-5H3/t12-,13-,15-,16-,17+,18+,19-,22-,23+/m1/s1. The largest absolute Gasteiger partial charge is 0.462 e. The molecule has 4 aliphatic carbocycles. The van der Waals surface area contributed by atoms with Gasteiger partial charge < -0.3 is 19.7 Å². The number of esters is 1. The summed E-state index contributed by atoms with van der Waals surface area (Å²) in [7, 11) is 1.51. The molecular weight excluding hydrogens is 388 g/mol. The second kappa shape index (κ2) is 6.84. The Morgan fingerprint density at radius 1 is 1.20 bits per heavy atom. The van der Waals surface area contributed by atoms with Crippen LogP contribution >= 0.6 is 0 Å². The molecule has 0 aromatic carbocycles. The molecule has 0 aromatic heterocycles. The van der Waals surface area contributed by atoms with E-state index in [0.29, 0.717) is 19.3 Å². The van der Waals surface area contributed by atoms with Gasteiger partial charge in [0.1, 0.15) is 11.9 Å². The fourth-order valence-electron chi connectivity index (χ4n) is 8.08. The molecule has 0 radical (unpaired) electrons. The topological polar surface area (TPSA) is 110 Å². The summed E-state index contributed by atoms with van der Waals surface area (Å²) in [6.07, 6.45) is -0.863. The second-order valence-electron chi connectivity index (χ2n) is 10.8. The lowest BCUT2D eigenvalue weighted by Gasteiger charge is -2.65. The molecule has 4 saturated carbocycles. The first-order valence-electron chi connectivity index (χ1n) is 11.0. The van der Waals surface area contributed by atoms with Gasteiger partial charge in [-0.2, -0.15) is 0 Å². The Kier molecular flexibility index (Phi) is 5.00. The number of methoxy groups -OCH3 is 1. The van der Waals surface area contributed by atoms with E-state index >= 15 is 0 Å². The van der Waals surface area contributed by atoms with E-state index in [9.17, 15) is 24.6 Å². The highest BCUT2D eigenvalue weighted by Gasteiger charge is 2.77. The van der Waals surface area contributed by atoms with Gasteiger partial charge in [0.2, 0.25) is 0 Å². The summed E-state index contributed by atoms with van der Waals surface area (Å²) in [5.74, 6) is -2.53. The summed E-state index contributed by atoms with van der Waals surface area (Å²) in [6.45, 7) is 7.61. The Labute approximate surface area is 177 Å². The zero-order valence-electron chi connectivity index (χ0n) is 18.5. The van der Waals surface area contributed by atoms with Gasteiger partial charge >= 0.3 is 5.97 Å². The first kappa shape index (κ1) is 21.9. The van der Waals surface area contributed by atoms with Crippen LogP contribution in [-0.2, 0) is 23.9 Å². The van der Waals surface area contributed by atoms with Gasteiger partial charge in [0, 0.05) is 43.6 Å². The number of aliphatic hydroxyl groups is 2. The van der Waals surface area contributed by atoms with Crippen LogP contribution in [-0.4, -0.2) is 59.8 Å². The van der Waals surface area contributed by atoms with Crippen molar-refractivity contribution in [3.63, 3.8) is 0 Å². The molecule has 4 fully saturated rings. The van der Waals surface area contributed by atoms with Crippen LogP contribution in [0.4, 0.5) is 0 Å². The SMILES string of the molecule is COC[C@H]1C(=O)[C@@]23[C@H](O)C[C@@H]4C(C)(C)[C@@H](OC(C)=O)CC[C@@]4(C)[C@@H]2C(=O)C[C@H]1[C@H]3O. The van der Waals surface area contributed by atoms with Crippen molar-refractivity contribution in [3.8, 4) is 0 Å². The van der Waals surface area contributed by atoms with E-state index in [1.165, 1.54) is 14.0 Å². The van der Waals surface area contributed by atoms with Crippen molar-refractivity contribution in [2.75, 3.05) is 13.7 Å². The van der Waals surface area contributed by atoms with Crippen molar-refractivity contribution in [1.29, 1.82) is 0 Å². The predicted molar refractivity (Wildman–Crippen MR) is 106 cm³/mol. The van der Waals surface area contributed by atoms with Crippen LogP contribution in [0.3, 0.4) is 0 Å². The lowest BCUT2D eigenvalue weighted by molar-refractivity contribution is -0.236. The molecule has 4 rings (SSSR count). The normalized spacial score (nSPS) is 49.4. The van der Waals surface area contributed by atoms with Gasteiger partial charge in [-0.15, -0.1) is 0 Å². The minimum absolute atomic E-state index is 0.0368. The van der Waals surface area contributed by atoms with Crippen molar-refractivity contribution in [3.05, 3.63) is 0 Å². The molecule has 2 bridgehead atoms. The van der Waals surface area contributed by atoms with Crippen molar-refractivity contribution < 1.29 is 34.1 Å². The Morgan fingerprint density at radius 3 is 2.47 bits per heavy atom. The van der Waals surface area contributed by atoms with E-state index in [1.807, 2.05) is 20.8 Å². The average Bonchev–Trinajstić information content (AvgIpc) is 2.77. The number of aliphatic hydroxyl groups excluding tert-OH is 2. The third-order valence-electron chi connectivity index (χ3n) is 9.21. The summed E-state index contributed by atoms with van der Waals surface area (Å²) in [6, 6.07) is 0. The van der Waals surface area contributed by atoms with E-state index in [2.05, 4.69) is 0 Å². The number of fused-ring (bicyclic) bond motifs is 3. The number of ether oxygens (including phenoxy) is 2. The minimum atomic E-state index is -1.46. The summed E-state index contributed by atoms with van der Waals surface area (Å²) in [5.41, 5.74) is -2.50. The number of ketones is 2. The highest BCUT2D eigenvalue weighted by Crippen LogP contribution is 2.70. The first-order valence-corrected chi connectivity index (χ1v) is 11.0. The van der Waals surface area contributed by atoms with Crippen LogP contribution in [0.5, 0.6) is 0 Å². The van der Waals surface area contributed by atoms with Crippen LogP contribution in [0.2, 0.25) is 0 Å². The molecule has 7 heteroatoms. The Balaban J connectivity index is 1.81. The fourth-order valence-corrected chi connectivity index (χ4v) is 8.08. The molecule has 30 heavy (non-hydrogen) atoms. The van der Waals surface area contributed by atoms with Crippen molar-refractivity contribution in [1.82, 2.24) is 0 Å². The number of rotatable bonds is 3. The molecule has 0 unspecified atom stereocenters. The maximum Gasteiger partial charge on any atom is 0.302 e. The highest BCUT2D eigenvalue weighted by atomic mass is 16.5. The van der Waals surface area contributed by atoms with Gasteiger partial charge in [0.15, 0.2) is 5.78 Å². The lowest BCUT2D eigenvalue weighted by atomic mass is 9.39. The third-order valence-corrected chi connectivity index (χ3v) is 9.21. The van der Waals surface area contributed by atoms with Crippen LogP contribution in [0.1, 0.15) is 53.4 Å². The van der Waals surface area contributed by atoms with Crippen LogP contribution in [0.25, 0.3) is 0 Å². The van der Waals surface area contributed by atoms with Gasteiger partial charge in [-0.25, -0.2) is 0 Å². The Bertz CT molecular complexity index is 776. The molecule has 168 valence electrons. The molecule has 9 atom stereocenters. The molecular formula is C23H34O7. The molecule has 0 amide bonds. The summed E-state index contributed by atoms with van der Waals surface area (Å²) in [4.78, 5) is 38.8. The van der Waals surface area contributed by atoms with Gasteiger partial charge in [-0.1, -0.05) is 20.8 Å². The molecule has 0 aromatic rings. The predicted octanol–water partition coefficient (Wildman–Crippen LogP) is 1.52. The number of Topliss-reactive ketones (excluding diaryl/α,β-unsaturated/α-hetero) is 2. The molecule has 0 aliphatic heterocycles. The Hall–Kier alpha value is -1.31. The molecule has 0 heterocycles.